The second-order valence-electron chi connectivity index (χ2n) is 5.45. The SMILES string of the molecule is C[C@H](NC(=O)CN1CCC(N)CC1)c1ccc(F)cc1. The molecule has 4 nitrogen and oxygen atoms in total. The molecule has 1 aliphatic heterocycles. The third-order valence-corrected chi connectivity index (χ3v) is 3.75. The van der Waals surface area contributed by atoms with Gasteiger partial charge in [0.15, 0.2) is 0 Å². The van der Waals surface area contributed by atoms with E-state index in [9.17, 15) is 9.18 Å². The van der Waals surface area contributed by atoms with Gasteiger partial charge in [-0.05, 0) is 37.5 Å². The monoisotopic (exact) mass is 279 g/mol. The van der Waals surface area contributed by atoms with Gasteiger partial charge < -0.3 is 11.1 Å². The fourth-order valence-corrected chi connectivity index (χ4v) is 2.44. The summed E-state index contributed by atoms with van der Waals surface area (Å²) in [5.41, 5.74) is 6.74. The Morgan fingerprint density at radius 3 is 2.60 bits per heavy atom. The highest BCUT2D eigenvalue weighted by Gasteiger charge is 2.19. The molecule has 0 bridgehead atoms. The summed E-state index contributed by atoms with van der Waals surface area (Å²) in [7, 11) is 0. The number of likely N-dealkylation sites (tertiary alicyclic amines) is 1. The van der Waals surface area contributed by atoms with Crippen molar-refractivity contribution in [2.24, 2.45) is 5.73 Å². The summed E-state index contributed by atoms with van der Waals surface area (Å²) in [5, 5.41) is 2.94. The quantitative estimate of drug-likeness (QED) is 0.876. The van der Waals surface area contributed by atoms with E-state index in [1.807, 2.05) is 6.92 Å². The van der Waals surface area contributed by atoms with Crippen LogP contribution in [0.15, 0.2) is 24.3 Å². The Morgan fingerprint density at radius 1 is 1.40 bits per heavy atom. The Bertz CT molecular complexity index is 441. The minimum absolute atomic E-state index is 0.00250. The molecule has 0 spiro atoms. The number of nitrogens with one attached hydrogen (secondary N) is 1. The van der Waals surface area contributed by atoms with Gasteiger partial charge >= 0.3 is 0 Å². The predicted octanol–water partition coefficient (Wildman–Crippen LogP) is 1.43. The standard InChI is InChI=1S/C15H22FN3O/c1-11(12-2-4-13(16)5-3-12)18-15(20)10-19-8-6-14(17)7-9-19/h2-5,11,14H,6-10,17H2,1H3,(H,18,20)/t11-/m0/s1. The molecule has 3 N–H and O–H groups in total. The van der Waals surface area contributed by atoms with E-state index in [2.05, 4.69) is 10.2 Å². The van der Waals surface area contributed by atoms with Crippen molar-refractivity contribution >= 4 is 5.91 Å². The highest BCUT2D eigenvalue weighted by Crippen LogP contribution is 2.13. The van der Waals surface area contributed by atoms with Gasteiger partial charge in [0.2, 0.25) is 5.91 Å². The van der Waals surface area contributed by atoms with Crippen LogP contribution in [0, 0.1) is 5.82 Å². The zero-order valence-electron chi connectivity index (χ0n) is 11.8. The van der Waals surface area contributed by atoms with Crippen molar-refractivity contribution in [1.29, 1.82) is 0 Å². The maximum absolute atomic E-state index is 12.8. The molecule has 0 unspecified atom stereocenters. The number of nitrogens with two attached hydrogens (primary N) is 1. The molecule has 0 saturated carbocycles. The van der Waals surface area contributed by atoms with Crippen LogP contribution in [0.5, 0.6) is 0 Å². The van der Waals surface area contributed by atoms with Gasteiger partial charge in [0, 0.05) is 19.1 Å². The summed E-state index contributed by atoms with van der Waals surface area (Å²) in [6.07, 6.45) is 1.89. The van der Waals surface area contributed by atoms with Crippen LogP contribution in [0.3, 0.4) is 0 Å². The summed E-state index contributed by atoms with van der Waals surface area (Å²) < 4.78 is 12.8. The van der Waals surface area contributed by atoms with E-state index in [-0.39, 0.29) is 23.8 Å². The number of halogens is 1. The average molecular weight is 279 g/mol. The molecule has 1 atom stereocenters. The second kappa shape index (κ2) is 6.81. The molecule has 1 aromatic carbocycles. The number of carbonyl (C=O) groups excluding carboxylic acids is 1. The van der Waals surface area contributed by atoms with Crippen molar-refractivity contribution < 1.29 is 9.18 Å². The van der Waals surface area contributed by atoms with Gasteiger partial charge in [0.1, 0.15) is 5.82 Å². The molecule has 1 aliphatic rings. The Kier molecular flexibility index (Phi) is 5.09. The molecule has 110 valence electrons. The minimum Gasteiger partial charge on any atom is -0.348 e. The lowest BCUT2D eigenvalue weighted by molar-refractivity contribution is -0.123. The normalized spacial score (nSPS) is 18.8. The molecule has 1 aromatic rings. The molecule has 2 rings (SSSR count). The second-order valence-corrected chi connectivity index (χ2v) is 5.45. The van der Waals surface area contributed by atoms with E-state index < -0.39 is 0 Å². The third kappa shape index (κ3) is 4.28. The van der Waals surface area contributed by atoms with E-state index >= 15 is 0 Å². The largest absolute Gasteiger partial charge is 0.348 e. The summed E-state index contributed by atoms with van der Waals surface area (Å²) in [4.78, 5) is 14.1. The molecule has 1 fully saturated rings. The summed E-state index contributed by atoms with van der Waals surface area (Å²) >= 11 is 0. The Labute approximate surface area is 119 Å². The number of nitrogens with zero attached hydrogens (tertiary/aromatic N) is 1. The number of rotatable bonds is 4. The lowest BCUT2D eigenvalue weighted by Gasteiger charge is -2.29. The predicted molar refractivity (Wildman–Crippen MR) is 76.6 cm³/mol. The molecule has 0 radical (unpaired) electrons. The van der Waals surface area contributed by atoms with Crippen molar-refractivity contribution in [3.8, 4) is 0 Å². The molecule has 1 heterocycles. The molecular weight excluding hydrogens is 257 g/mol. The van der Waals surface area contributed by atoms with Crippen molar-refractivity contribution in [1.82, 2.24) is 10.2 Å². The first-order chi connectivity index (χ1) is 9.54. The van der Waals surface area contributed by atoms with Gasteiger partial charge in [-0.15, -0.1) is 0 Å². The van der Waals surface area contributed by atoms with E-state index in [0.717, 1.165) is 31.5 Å². The maximum Gasteiger partial charge on any atom is 0.234 e. The van der Waals surface area contributed by atoms with Crippen molar-refractivity contribution in [2.45, 2.75) is 31.8 Å². The van der Waals surface area contributed by atoms with E-state index in [4.69, 9.17) is 5.73 Å². The van der Waals surface area contributed by atoms with Crippen LogP contribution >= 0.6 is 0 Å². The van der Waals surface area contributed by atoms with Gasteiger partial charge in [0.25, 0.3) is 0 Å². The van der Waals surface area contributed by atoms with Crippen molar-refractivity contribution in [2.75, 3.05) is 19.6 Å². The van der Waals surface area contributed by atoms with Crippen LogP contribution < -0.4 is 11.1 Å². The molecule has 0 aromatic heterocycles. The molecule has 1 amide bonds. The van der Waals surface area contributed by atoms with Gasteiger partial charge in [-0.3, -0.25) is 9.69 Å². The number of benzene rings is 1. The van der Waals surface area contributed by atoms with E-state index in [1.165, 1.54) is 12.1 Å². The fraction of sp³-hybridized carbons (Fsp3) is 0.533. The van der Waals surface area contributed by atoms with E-state index in [0.29, 0.717) is 6.54 Å². The van der Waals surface area contributed by atoms with E-state index in [1.54, 1.807) is 12.1 Å². The number of hydrogen-bond acceptors (Lipinski definition) is 3. The number of piperidine rings is 1. The van der Waals surface area contributed by atoms with Gasteiger partial charge in [-0.2, -0.15) is 0 Å². The Balaban J connectivity index is 1.80. The van der Waals surface area contributed by atoms with Crippen LogP contribution in [-0.2, 0) is 4.79 Å². The lowest BCUT2D eigenvalue weighted by atomic mass is 10.1. The maximum atomic E-state index is 12.8. The molecule has 1 saturated heterocycles. The minimum atomic E-state index is -0.267. The number of hydrogen-bond donors (Lipinski definition) is 2. The van der Waals surface area contributed by atoms with Crippen LogP contribution in [0.25, 0.3) is 0 Å². The van der Waals surface area contributed by atoms with Crippen LogP contribution in [0.1, 0.15) is 31.4 Å². The first-order valence-electron chi connectivity index (χ1n) is 7.07. The van der Waals surface area contributed by atoms with Gasteiger partial charge in [-0.1, -0.05) is 12.1 Å². The Morgan fingerprint density at radius 2 is 2.00 bits per heavy atom. The summed E-state index contributed by atoms with van der Waals surface area (Å²) in [6, 6.07) is 6.36. The van der Waals surface area contributed by atoms with Crippen molar-refractivity contribution in [3.05, 3.63) is 35.6 Å². The molecule has 0 aliphatic carbocycles. The smallest absolute Gasteiger partial charge is 0.234 e. The molecular formula is C15H22FN3O. The van der Waals surface area contributed by atoms with Crippen LogP contribution in [-0.4, -0.2) is 36.5 Å². The van der Waals surface area contributed by atoms with Gasteiger partial charge in [-0.25, -0.2) is 4.39 Å². The van der Waals surface area contributed by atoms with Crippen LogP contribution in [0.4, 0.5) is 4.39 Å². The average Bonchev–Trinajstić information content (AvgIpc) is 2.42. The first kappa shape index (κ1) is 14.9. The molecule has 20 heavy (non-hydrogen) atoms. The Hall–Kier alpha value is -1.46. The fourth-order valence-electron chi connectivity index (χ4n) is 2.44. The van der Waals surface area contributed by atoms with Crippen molar-refractivity contribution in [3.63, 3.8) is 0 Å². The van der Waals surface area contributed by atoms with Crippen LogP contribution in [0.2, 0.25) is 0 Å². The zero-order chi connectivity index (χ0) is 14.5. The number of amides is 1. The third-order valence-electron chi connectivity index (χ3n) is 3.75. The molecule has 5 heteroatoms. The summed E-state index contributed by atoms with van der Waals surface area (Å²) in [5.74, 6) is -0.269. The topological polar surface area (TPSA) is 58.4 Å². The van der Waals surface area contributed by atoms with Gasteiger partial charge in [0.05, 0.1) is 12.6 Å². The number of carbonyl (C=O) groups is 1. The highest BCUT2D eigenvalue weighted by molar-refractivity contribution is 5.78. The lowest BCUT2D eigenvalue weighted by Crippen LogP contribution is -2.44. The highest BCUT2D eigenvalue weighted by atomic mass is 19.1. The zero-order valence-corrected chi connectivity index (χ0v) is 11.8. The summed E-state index contributed by atoms with van der Waals surface area (Å²) in [6.45, 7) is 4.05. The first-order valence-corrected chi connectivity index (χ1v) is 7.07.